The highest BCUT2D eigenvalue weighted by molar-refractivity contribution is 7.89. The fourth-order valence-electron chi connectivity index (χ4n) is 3.11. The van der Waals surface area contributed by atoms with Gasteiger partial charge in [-0.1, -0.05) is 30.3 Å². The van der Waals surface area contributed by atoms with Crippen molar-refractivity contribution in [1.82, 2.24) is 14.5 Å². The van der Waals surface area contributed by atoms with E-state index in [0.29, 0.717) is 12.6 Å². The van der Waals surface area contributed by atoms with Crippen LogP contribution in [0.25, 0.3) is 0 Å². The van der Waals surface area contributed by atoms with Gasteiger partial charge in [0.15, 0.2) is 0 Å². The van der Waals surface area contributed by atoms with E-state index in [9.17, 15) is 17.2 Å². The molecule has 0 unspecified atom stereocenters. The Morgan fingerprint density at radius 3 is 2.30 bits per heavy atom. The predicted molar refractivity (Wildman–Crippen MR) is 99.7 cm³/mol. The van der Waals surface area contributed by atoms with Gasteiger partial charge in [-0.05, 0) is 23.8 Å². The Bertz CT molecular complexity index is 855. The smallest absolute Gasteiger partial charge is 0.243 e. The summed E-state index contributed by atoms with van der Waals surface area (Å²) >= 11 is 0. The number of rotatable bonds is 7. The van der Waals surface area contributed by atoms with Gasteiger partial charge < -0.3 is 0 Å². The first-order valence-electron chi connectivity index (χ1n) is 8.87. The number of nitrogens with one attached hydrogen (secondary N) is 1. The third-order valence-electron chi connectivity index (χ3n) is 4.62. The zero-order chi connectivity index (χ0) is 19.3. The zero-order valence-corrected chi connectivity index (χ0v) is 15.8. The van der Waals surface area contributed by atoms with Gasteiger partial charge in [0.1, 0.15) is 16.5 Å². The Balaban J connectivity index is 1.44. The SMILES string of the molecule is O=S(=O)(NCCN1CCN(Cc2ccccc2)CC1)c1cc(F)ccc1F. The number of benzene rings is 2. The molecule has 1 fully saturated rings. The Hall–Kier alpha value is -1.87. The number of nitrogens with zero attached hydrogens (tertiary/aromatic N) is 2. The molecular weight excluding hydrogens is 372 g/mol. The quantitative estimate of drug-likeness (QED) is 0.780. The minimum Gasteiger partial charge on any atom is -0.299 e. The van der Waals surface area contributed by atoms with Crippen LogP contribution in [0, 0.1) is 11.6 Å². The van der Waals surface area contributed by atoms with Gasteiger partial charge in [-0.15, -0.1) is 0 Å². The molecule has 0 spiro atoms. The monoisotopic (exact) mass is 395 g/mol. The predicted octanol–water partition coefficient (Wildman–Crippen LogP) is 2.06. The van der Waals surface area contributed by atoms with Crippen molar-refractivity contribution in [2.45, 2.75) is 11.4 Å². The summed E-state index contributed by atoms with van der Waals surface area (Å²) in [6.07, 6.45) is 0. The molecule has 2 aromatic carbocycles. The van der Waals surface area contributed by atoms with E-state index >= 15 is 0 Å². The molecule has 1 N–H and O–H groups in total. The standard InChI is InChI=1S/C19H23F2N3O2S/c20-17-6-7-18(21)19(14-17)27(25,26)22-8-9-23-10-12-24(13-11-23)15-16-4-2-1-3-5-16/h1-7,14,22H,8-13,15H2. The summed E-state index contributed by atoms with van der Waals surface area (Å²) < 4.78 is 53.5. The molecule has 0 atom stereocenters. The van der Waals surface area contributed by atoms with Crippen LogP contribution in [0.4, 0.5) is 8.78 Å². The maximum absolute atomic E-state index is 13.7. The molecule has 1 saturated heterocycles. The molecule has 1 aliphatic rings. The van der Waals surface area contributed by atoms with Crippen molar-refractivity contribution < 1.29 is 17.2 Å². The van der Waals surface area contributed by atoms with Gasteiger partial charge in [-0.3, -0.25) is 9.80 Å². The van der Waals surface area contributed by atoms with Gasteiger partial charge in [-0.25, -0.2) is 21.9 Å². The van der Waals surface area contributed by atoms with E-state index < -0.39 is 26.6 Å². The van der Waals surface area contributed by atoms with Gasteiger partial charge in [0.2, 0.25) is 10.0 Å². The van der Waals surface area contributed by atoms with Crippen LogP contribution in [0.2, 0.25) is 0 Å². The van der Waals surface area contributed by atoms with Crippen molar-refractivity contribution in [2.75, 3.05) is 39.3 Å². The second kappa shape index (κ2) is 8.88. The average molecular weight is 395 g/mol. The highest BCUT2D eigenvalue weighted by Gasteiger charge is 2.21. The summed E-state index contributed by atoms with van der Waals surface area (Å²) in [5, 5.41) is 0. The Morgan fingerprint density at radius 1 is 0.926 bits per heavy atom. The molecule has 2 aromatic rings. The van der Waals surface area contributed by atoms with Crippen LogP contribution in [-0.2, 0) is 16.6 Å². The topological polar surface area (TPSA) is 52.7 Å². The first kappa shape index (κ1) is 19.9. The van der Waals surface area contributed by atoms with E-state index in [1.807, 2.05) is 18.2 Å². The maximum Gasteiger partial charge on any atom is 0.243 e. The summed E-state index contributed by atoms with van der Waals surface area (Å²) in [6.45, 7) is 5.05. The first-order chi connectivity index (χ1) is 12.9. The summed E-state index contributed by atoms with van der Waals surface area (Å²) in [6, 6.07) is 12.7. The minimum absolute atomic E-state index is 0.150. The molecule has 8 heteroatoms. The molecule has 0 amide bonds. The van der Waals surface area contributed by atoms with Crippen LogP contribution in [0.5, 0.6) is 0 Å². The van der Waals surface area contributed by atoms with Gasteiger partial charge >= 0.3 is 0 Å². The fraction of sp³-hybridized carbons (Fsp3) is 0.368. The van der Waals surface area contributed by atoms with Gasteiger partial charge in [-0.2, -0.15) is 0 Å². The Labute approximate surface area is 158 Å². The van der Waals surface area contributed by atoms with E-state index in [1.165, 1.54) is 5.56 Å². The molecule has 1 aliphatic heterocycles. The van der Waals surface area contributed by atoms with Crippen LogP contribution in [-0.4, -0.2) is 57.5 Å². The Kier molecular flexibility index (Phi) is 6.54. The van der Waals surface area contributed by atoms with Crippen molar-refractivity contribution >= 4 is 10.0 Å². The van der Waals surface area contributed by atoms with E-state index in [-0.39, 0.29) is 6.54 Å². The molecule has 5 nitrogen and oxygen atoms in total. The average Bonchev–Trinajstić information content (AvgIpc) is 2.66. The lowest BCUT2D eigenvalue weighted by atomic mass is 10.2. The van der Waals surface area contributed by atoms with Gasteiger partial charge in [0, 0.05) is 45.8 Å². The third-order valence-corrected chi connectivity index (χ3v) is 6.09. The van der Waals surface area contributed by atoms with Crippen LogP contribution in [0.1, 0.15) is 5.56 Å². The minimum atomic E-state index is -4.07. The number of piperazine rings is 1. The van der Waals surface area contributed by atoms with E-state index in [4.69, 9.17) is 0 Å². The fourth-order valence-corrected chi connectivity index (χ4v) is 4.22. The van der Waals surface area contributed by atoms with Gasteiger partial charge in [0.05, 0.1) is 0 Å². The van der Waals surface area contributed by atoms with E-state index in [1.54, 1.807) is 0 Å². The van der Waals surface area contributed by atoms with Crippen LogP contribution in [0.15, 0.2) is 53.4 Å². The lowest BCUT2D eigenvalue weighted by Gasteiger charge is -2.34. The normalized spacial score (nSPS) is 16.5. The number of hydrogen-bond acceptors (Lipinski definition) is 4. The molecule has 146 valence electrons. The van der Waals surface area contributed by atoms with Crippen LogP contribution < -0.4 is 4.72 Å². The lowest BCUT2D eigenvalue weighted by Crippen LogP contribution is -2.48. The summed E-state index contributed by atoms with van der Waals surface area (Å²) in [4.78, 5) is 3.86. The third kappa shape index (κ3) is 5.55. The molecule has 0 bridgehead atoms. The van der Waals surface area contributed by atoms with Crippen molar-refractivity contribution in [3.8, 4) is 0 Å². The highest BCUT2D eigenvalue weighted by Crippen LogP contribution is 2.15. The van der Waals surface area contributed by atoms with E-state index in [0.717, 1.165) is 44.9 Å². The molecular formula is C19H23F2N3O2S. The van der Waals surface area contributed by atoms with E-state index in [2.05, 4.69) is 26.7 Å². The van der Waals surface area contributed by atoms with Crippen molar-refractivity contribution in [3.05, 3.63) is 65.7 Å². The summed E-state index contributed by atoms with van der Waals surface area (Å²) in [7, 11) is -4.07. The van der Waals surface area contributed by atoms with Gasteiger partial charge in [0.25, 0.3) is 0 Å². The molecule has 1 heterocycles. The van der Waals surface area contributed by atoms with Crippen molar-refractivity contribution in [1.29, 1.82) is 0 Å². The first-order valence-corrected chi connectivity index (χ1v) is 10.4. The molecule has 3 rings (SSSR count). The van der Waals surface area contributed by atoms with Crippen LogP contribution in [0.3, 0.4) is 0 Å². The lowest BCUT2D eigenvalue weighted by molar-refractivity contribution is 0.129. The van der Waals surface area contributed by atoms with Crippen molar-refractivity contribution in [3.63, 3.8) is 0 Å². The van der Waals surface area contributed by atoms with Crippen LogP contribution >= 0.6 is 0 Å². The molecule has 0 radical (unpaired) electrons. The van der Waals surface area contributed by atoms with Crippen molar-refractivity contribution in [2.24, 2.45) is 0 Å². The maximum atomic E-state index is 13.7. The summed E-state index contributed by atoms with van der Waals surface area (Å²) in [5.74, 6) is -1.75. The molecule has 0 aromatic heterocycles. The molecule has 27 heavy (non-hydrogen) atoms. The highest BCUT2D eigenvalue weighted by atomic mass is 32.2. The number of hydrogen-bond donors (Lipinski definition) is 1. The number of halogens is 2. The number of sulfonamides is 1. The second-order valence-electron chi connectivity index (χ2n) is 6.58. The second-order valence-corrected chi connectivity index (χ2v) is 8.31. The molecule has 0 saturated carbocycles. The summed E-state index contributed by atoms with van der Waals surface area (Å²) in [5.41, 5.74) is 1.27. The largest absolute Gasteiger partial charge is 0.299 e. The molecule has 0 aliphatic carbocycles. The zero-order valence-electron chi connectivity index (χ0n) is 14.9. The Morgan fingerprint density at radius 2 is 1.59 bits per heavy atom.